The van der Waals surface area contributed by atoms with Crippen LogP contribution in [0.25, 0.3) is 6.08 Å². The Hall–Kier alpha value is -3.33. The second-order valence-corrected chi connectivity index (χ2v) is 13.1. The highest BCUT2D eigenvalue weighted by Gasteiger charge is 2.67. The molecule has 9 heteroatoms. The van der Waals surface area contributed by atoms with Gasteiger partial charge in [-0.15, -0.1) is 0 Å². The van der Waals surface area contributed by atoms with Gasteiger partial charge in [0.05, 0.1) is 37.3 Å². The molecule has 1 amide bonds. The standard InChI is InChI=1S/C33H37F3N2O4/c1-19(2)18-38(4)14-13-32-23-11-8-12-28(32)42-30-25(17-27(41-20(3)39)22(29(30)32)16-26(23)38)37-31(40)24(33(34,35)36)15-21-9-6-5-7-10-21/h5-7,9-10,15,17,19,23,26,28H,8,11-14,16,18H2,1-4H3/p+1/t23-,26+,28-,32+,38?/m0/s1. The summed E-state index contributed by atoms with van der Waals surface area (Å²) in [5.74, 6) is -0.229. The van der Waals surface area contributed by atoms with Crippen molar-refractivity contribution >= 4 is 23.6 Å². The number of halogens is 3. The predicted octanol–water partition coefficient (Wildman–Crippen LogP) is 6.43. The van der Waals surface area contributed by atoms with Crippen LogP contribution < -0.4 is 14.8 Å². The number of hydrogen-bond donors (Lipinski definition) is 1. The number of nitrogens with one attached hydrogen (secondary N) is 1. The van der Waals surface area contributed by atoms with Crippen molar-refractivity contribution in [3.05, 3.63) is 58.7 Å². The quantitative estimate of drug-likeness (QED) is 0.184. The molecule has 0 aromatic heterocycles. The maximum absolute atomic E-state index is 14.1. The second kappa shape index (κ2) is 10.1. The number of alkyl halides is 3. The van der Waals surface area contributed by atoms with E-state index in [4.69, 9.17) is 9.47 Å². The fourth-order valence-corrected chi connectivity index (χ4v) is 8.63. The summed E-state index contributed by atoms with van der Waals surface area (Å²) in [4.78, 5) is 25.6. The summed E-state index contributed by atoms with van der Waals surface area (Å²) in [6, 6.07) is 9.73. The molecule has 1 saturated carbocycles. The van der Waals surface area contributed by atoms with Crippen LogP contribution in [0.4, 0.5) is 18.9 Å². The Morgan fingerprint density at radius 2 is 1.95 bits per heavy atom. The van der Waals surface area contributed by atoms with Gasteiger partial charge in [-0.25, -0.2) is 0 Å². The number of likely N-dealkylation sites (tertiary alicyclic amines) is 1. The van der Waals surface area contributed by atoms with Gasteiger partial charge in [-0.2, -0.15) is 13.2 Å². The van der Waals surface area contributed by atoms with Crippen LogP contribution in [0.5, 0.6) is 11.5 Å². The SMILES string of the molecule is CC(=O)Oc1cc(NC(=O)C(=Cc2ccccc2)C(F)(F)F)c2c3c1C[C@@H]1[C@@H]4CCC[C@H](O2)[C@]34CC[N+]1(C)CC(C)C. The van der Waals surface area contributed by atoms with E-state index in [0.717, 1.165) is 60.5 Å². The zero-order valence-corrected chi connectivity index (χ0v) is 24.5. The molecule has 1 unspecified atom stereocenters. The molecule has 224 valence electrons. The normalized spacial score (nSPS) is 29.5. The lowest BCUT2D eigenvalue weighted by Crippen LogP contribution is -2.71. The van der Waals surface area contributed by atoms with Crippen LogP contribution in [0, 0.1) is 11.8 Å². The van der Waals surface area contributed by atoms with E-state index in [1.165, 1.54) is 25.1 Å². The minimum absolute atomic E-state index is 0.115. The number of esters is 1. The number of piperidine rings is 1. The van der Waals surface area contributed by atoms with Gasteiger partial charge in [0, 0.05) is 48.8 Å². The van der Waals surface area contributed by atoms with E-state index >= 15 is 0 Å². The number of ether oxygens (including phenoxy) is 2. The monoisotopic (exact) mass is 583 g/mol. The van der Waals surface area contributed by atoms with E-state index in [2.05, 4.69) is 26.2 Å². The Labute approximate surface area is 244 Å². The Bertz CT molecular complexity index is 1450. The number of hydrogen-bond acceptors (Lipinski definition) is 4. The Morgan fingerprint density at radius 3 is 2.62 bits per heavy atom. The molecule has 1 N–H and O–H groups in total. The minimum atomic E-state index is -4.89. The highest BCUT2D eigenvalue weighted by molar-refractivity contribution is 6.08. The molecule has 2 aromatic rings. The van der Waals surface area contributed by atoms with Gasteiger partial charge < -0.3 is 19.3 Å². The number of benzene rings is 2. The number of quaternary nitrogens is 1. The lowest BCUT2D eigenvalue weighted by atomic mass is 9.51. The Balaban J connectivity index is 1.48. The summed E-state index contributed by atoms with van der Waals surface area (Å²) >= 11 is 0. The van der Waals surface area contributed by atoms with Crippen LogP contribution in [-0.2, 0) is 21.4 Å². The maximum atomic E-state index is 14.1. The molecule has 1 saturated heterocycles. The largest absolute Gasteiger partial charge is 0.487 e. The highest BCUT2D eigenvalue weighted by atomic mass is 19.4. The summed E-state index contributed by atoms with van der Waals surface area (Å²) in [5, 5.41) is 2.52. The molecule has 2 aliphatic carbocycles. The summed E-state index contributed by atoms with van der Waals surface area (Å²) in [5.41, 5.74) is 0.563. The van der Waals surface area contributed by atoms with Crippen LogP contribution >= 0.6 is 0 Å². The van der Waals surface area contributed by atoms with Gasteiger partial charge in [-0.3, -0.25) is 9.59 Å². The molecule has 2 bridgehead atoms. The fourth-order valence-electron chi connectivity index (χ4n) is 8.63. The van der Waals surface area contributed by atoms with Crippen LogP contribution in [0.2, 0.25) is 0 Å². The number of anilines is 1. The first-order chi connectivity index (χ1) is 19.8. The van der Waals surface area contributed by atoms with Crippen LogP contribution in [0.3, 0.4) is 0 Å². The molecule has 5 atom stereocenters. The Kier molecular flexibility index (Phi) is 6.95. The number of likely N-dealkylation sites (N-methyl/N-ethyl adjacent to an activating group) is 1. The third-order valence-corrected chi connectivity index (χ3v) is 9.95. The van der Waals surface area contributed by atoms with Gasteiger partial charge in [0.15, 0.2) is 0 Å². The van der Waals surface area contributed by atoms with E-state index in [9.17, 15) is 22.8 Å². The molecular formula is C33H38F3N2O4+. The Morgan fingerprint density at radius 1 is 1.21 bits per heavy atom. The van der Waals surface area contributed by atoms with Gasteiger partial charge in [0.1, 0.15) is 23.2 Å². The number of carbonyl (C=O) groups is 2. The lowest BCUT2D eigenvalue weighted by Gasteiger charge is -2.61. The van der Waals surface area contributed by atoms with Crippen molar-refractivity contribution in [3.8, 4) is 11.5 Å². The smallest absolute Gasteiger partial charge is 0.421 e. The first-order valence-electron chi connectivity index (χ1n) is 14.9. The molecule has 2 aliphatic heterocycles. The van der Waals surface area contributed by atoms with Crippen molar-refractivity contribution in [2.45, 2.75) is 76.6 Å². The van der Waals surface area contributed by atoms with E-state index in [0.29, 0.717) is 35.8 Å². The first-order valence-corrected chi connectivity index (χ1v) is 14.9. The highest BCUT2D eigenvalue weighted by Crippen LogP contribution is 2.66. The second-order valence-electron chi connectivity index (χ2n) is 13.1. The average Bonchev–Trinajstić information content (AvgIpc) is 3.24. The summed E-state index contributed by atoms with van der Waals surface area (Å²) in [6.07, 6.45) is 0.277. The topological polar surface area (TPSA) is 64.6 Å². The van der Waals surface area contributed by atoms with E-state index in [1.54, 1.807) is 18.2 Å². The molecule has 42 heavy (non-hydrogen) atoms. The zero-order valence-electron chi connectivity index (χ0n) is 24.5. The third kappa shape index (κ3) is 4.60. The number of carbonyl (C=O) groups excluding carboxylic acids is 2. The molecule has 4 aliphatic rings. The average molecular weight is 584 g/mol. The van der Waals surface area contributed by atoms with E-state index < -0.39 is 23.6 Å². The van der Waals surface area contributed by atoms with Gasteiger partial charge in [0.2, 0.25) is 0 Å². The van der Waals surface area contributed by atoms with Crippen molar-refractivity contribution < 1.29 is 36.7 Å². The predicted molar refractivity (Wildman–Crippen MR) is 153 cm³/mol. The van der Waals surface area contributed by atoms with Gasteiger partial charge >= 0.3 is 12.1 Å². The van der Waals surface area contributed by atoms with Gasteiger partial charge in [-0.05, 0) is 30.9 Å². The molecule has 2 aromatic carbocycles. The molecule has 0 radical (unpaired) electrons. The number of nitrogens with zero attached hydrogens (tertiary/aromatic N) is 1. The minimum Gasteiger partial charge on any atom is -0.487 e. The van der Waals surface area contributed by atoms with Crippen LogP contribution in [0.15, 0.2) is 42.0 Å². The lowest BCUT2D eigenvalue weighted by molar-refractivity contribution is -0.947. The summed E-state index contributed by atoms with van der Waals surface area (Å²) in [6.45, 7) is 7.80. The maximum Gasteiger partial charge on any atom is 0.421 e. The zero-order chi connectivity index (χ0) is 30.0. The number of rotatable bonds is 6. The van der Waals surface area contributed by atoms with Crippen molar-refractivity contribution in [2.24, 2.45) is 11.8 Å². The van der Waals surface area contributed by atoms with Crippen molar-refractivity contribution in [3.63, 3.8) is 0 Å². The molecule has 1 spiro atoms. The third-order valence-electron chi connectivity index (χ3n) is 9.95. The molecule has 2 heterocycles. The van der Waals surface area contributed by atoms with Crippen molar-refractivity contribution in [1.29, 1.82) is 0 Å². The van der Waals surface area contributed by atoms with Crippen LogP contribution in [0.1, 0.15) is 63.1 Å². The summed E-state index contributed by atoms with van der Waals surface area (Å²) in [7, 11) is 2.33. The summed E-state index contributed by atoms with van der Waals surface area (Å²) < 4.78 is 55.8. The van der Waals surface area contributed by atoms with Crippen molar-refractivity contribution in [2.75, 3.05) is 25.5 Å². The molecular weight excluding hydrogens is 545 g/mol. The fraction of sp³-hybridized carbons (Fsp3) is 0.515. The molecule has 6 rings (SSSR count). The van der Waals surface area contributed by atoms with Gasteiger partial charge in [0.25, 0.3) is 5.91 Å². The van der Waals surface area contributed by atoms with E-state index in [-0.39, 0.29) is 22.8 Å². The molecule has 6 nitrogen and oxygen atoms in total. The van der Waals surface area contributed by atoms with Crippen molar-refractivity contribution in [1.82, 2.24) is 0 Å². The first kappa shape index (κ1) is 28.8. The number of amides is 1. The molecule has 2 fully saturated rings. The van der Waals surface area contributed by atoms with E-state index in [1.807, 2.05) is 0 Å². The van der Waals surface area contributed by atoms with Crippen LogP contribution in [-0.4, -0.2) is 54.8 Å². The van der Waals surface area contributed by atoms with Gasteiger partial charge in [-0.1, -0.05) is 44.2 Å².